The summed E-state index contributed by atoms with van der Waals surface area (Å²) in [6.45, 7) is 2.05. The molecule has 3 aromatic carbocycles. The third kappa shape index (κ3) is 7.20. The van der Waals surface area contributed by atoms with Crippen molar-refractivity contribution in [2.45, 2.75) is 6.92 Å². The molecule has 0 unspecified atom stereocenters. The third-order valence-electron chi connectivity index (χ3n) is 4.09. The summed E-state index contributed by atoms with van der Waals surface area (Å²) >= 11 is 5.37. The van der Waals surface area contributed by atoms with Crippen LogP contribution < -0.4 is 10.7 Å². The van der Waals surface area contributed by atoms with E-state index in [4.69, 9.17) is 12.2 Å². The Morgan fingerprint density at radius 2 is 1.28 bits per heavy atom. The maximum absolute atomic E-state index is 5.37. The molecule has 2 N–H and O–H groups in total. The highest BCUT2D eigenvalue weighted by Gasteiger charge is 1.97. The Balaban J connectivity index is 1.72. The quantitative estimate of drug-likeness (QED) is 0.301. The number of aryl methyl sites for hydroxylation is 1. The summed E-state index contributed by atoms with van der Waals surface area (Å²) in [6, 6.07) is 28.3. The topological polar surface area (TPSA) is 36.4 Å². The van der Waals surface area contributed by atoms with Gasteiger partial charge in [0.15, 0.2) is 5.11 Å². The summed E-state index contributed by atoms with van der Waals surface area (Å²) in [5, 5.41) is 8.03. The molecule has 29 heavy (non-hydrogen) atoms. The van der Waals surface area contributed by atoms with Crippen LogP contribution in [0.4, 0.5) is 5.69 Å². The molecule has 0 aliphatic heterocycles. The van der Waals surface area contributed by atoms with Crippen LogP contribution in [0.5, 0.6) is 0 Å². The molecule has 144 valence electrons. The van der Waals surface area contributed by atoms with Crippen LogP contribution in [0.2, 0.25) is 0 Å². The monoisotopic (exact) mass is 397 g/mol. The van der Waals surface area contributed by atoms with E-state index in [9.17, 15) is 0 Å². The van der Waals surface area contributed by atoms with E-state index in [2.05, 4.69) is 22.8 Å². The van der Waals surface area contributed by atoms with E-state index in [0.717, 1.165) is 22.5 Å². The van der Waals surface area contributed by atoms with Gasteiger partial charge >= 0.3 is 0 Å². The van der Waals surface area contributed by atoms with Gasteiger partial charge in [0, 0.05) is 5.69 Å². The molecule has 0 aliphatic rings. The number of anilines is 1. The molecule has 0 fully saturated rings. The van der Waals surface area contributed by atoms with Gasteiger partial charge in [-0.2, -0.15) is 5.10 Å². The largest absolute Gasteiger partial charge is 0.331 e. The van der Waals surface area contributed by atoms with Crippen LogP contribution in [-0.2, 0) is 0 Å². The Labute approximate surface area is 177 Å². The van der Waals surface area contributed by atoms with Gasteiger partial charge in [-0.1, -0.05) is 90.5 Å². The highest BCUT2D eigenvalue weighted by molar-refractivity contribution is 7.80. The standard InChI is InChI=1S/C25H23N3S/c1-20-12-16-23(17-13-20)26-25(29)28-27-24(18-14-21-8-4-2-5-9-21)19-15-22-10-6-3-7-11-22/h2-19H,1H3,(H2,26,28,29)/b18-14+,19-15+. The van der Waals surface area contributed by atoms with Gasteiger partial charge in [0.2, 0.25) is 0 Å². The van der Waals surface area contributed by atoms with Crippen molar-refractivity contribution in [3.05, 3.63) is 114 Å². The summed E-state index contributed by atoms with van der Waals surface area (Å²) in [7, 11) is 0. The number of nitrogens with one attached hydrogen (secondary N) is 2. The summed E-state index contributed by atoms with van der Waals surface area (Å²) < 4.78 is 0. The summed E-state index contributed by atoms with van der Waals surface area (Å²) in [5.41, 5.74) is 8.01. The second-order valence-electron chi connectivity index (χ2n) is 6.46. The minimum absolute atomic E-state index is 0.438. The highest BCUT2D eigenvalue weighted by atomic mass is 32.1. The summed E-state index contributed by atoms with van der Waals surface area (Å²) in [6.07, 6.45) is 7.95. The number of rotatable bonds is 6. The molecule has 0 atom stereocenters. The van der Waals surface area contributed by atoms with Crippen molar-refractivity contribution in [3.8, 4) is 0 Å². The molecule has 3 rings (SSSR count). The van der Waals surface area contributed by atoms with Crippen molar-refractivity contribution in [3.63, 3.8) is 0 Å². The normalized spacial score (nSPS) is 10.8. The maximum Gasteiger partial charge on any atom is 0.191 e. The molecule has 0 aromatic heterocycles. The lowest BCUT2D eigenvalue weighted by Crippen LogP contribution is -2.24. The zero-order valence-electron chi connectivity index (χ0n) is 16.2. The molecule has 0 saturated carbocycles. The van der Waals surface area contributed by atoms with E-state index in [1.165, 1.54) is 5.56 Å². The van der Waals surface area contributed by atoms with Gasteiger partial charge in [0.1, 0.15) is 0 Å². The van der Waals surface area contributed by atoms with Crippen LogP contribution in [0.25, 0.3) is 12.2 Å². The molecule has 3 nitrogen and oxygen atoms in total. The predicted octanol–water partition coefficient (Wildman–Crippen LogP) is 6.06. The van der Waals surface area contributed by atoms with Crippen LogP contribution in [-0.4, -0.2) is 10.8 Å². The number of nitrogens with zero attached hydrogens (tertiary/aromatic N) is 1. The molecular formula is C25H23N3S. The summed E-state index contributed by atoms with van der Waals surface area (Å²) in [4.78, 5) is 0. The van der Waals surface area contributed by atoms with Gasteiger partial charge in [0.05, 0.1) is 5.71 Å². The van der Waals surface area contributed by atoms with Crippen molar-refractivity contribution in [2.24, 2.45) is 5.10 Å². The first kappa shape index (κ1) is 20.2. The highest BCUT2D eigenvalue weighted by Crippen LogP contribution is 2.08. The fourth-order valence-electron chi connectivity index (χ4n) is 2.53. The number of hydrazone groups is 1. The Bertz CT molecular complexity index is 953. The average Bonchev–Trinajstić information content (AvgIpc) is 2.76. The molecule has 0 bridgehead atoms. The zero-order valence-corrected chi connectivity index (χ0v) is 17.1. The number of hydrogen-bond donors (Lipinski definition) is 2. The van der Waals surface area contributed by atoms with E-state index in [1.807, 2.05) is 109 Å². The van der Waals surface area contributed by atoms with E-state index >= 15 is 0 Å². The lowest BCUT2D eigenvalue weighted by Gasteiger charge is -2.07. The smallest absolute Gasteiger partial charge is 0.191 e. The predicted molar refractivity (Wildman–Crippen MR) is 129 cm³/mol. The molecule has 0 spiro atoms. The first-order valence-corrected chi connectivity index (χ1v) is 9.77. The van der Waals surface area contributed by atoms with Crippen molar-refractivity contribution >= 4 is 40.9 Å². The average molecular weight is 398 g/mol. The van der Waals surface area contributed by atoms with Gasteiger partial charge in [0.25, 0.3) is 0 Å². The Morgan fingerprint density at radius 3 is 1.79 bits per heavy atom. The van der Waals surface area contributed by atoms with Crippen molar-refractivity contribution in [1.82, 2.24) is 5.43 Å². The summed E-state index contributed by atoms with van der Waals surface area (Å²) in [5.74, 6) is 0. The van der Waals surface area contributed by atoms with Crippen LogP contribution >= 0.6 is 12.2 Å². The number of hydrogen-bond acceptors (Lipinski definition) is 2. The van der Waals surface area contributed by atoms with Gasteiger partial charge in [-0.25, -0.2) is 0 Å². The van der Waals surface area contributed by atoms with E-state index < -0.39 is 0 Å². The molecule has 0 radical (unpaired) electrons. The van der Waals surface area contributed by atoms with Crippen LogP contribution in [0.3, 0.4) is 0 Å². The fraction of sp³-hybridized carbons (Fsp3) is 0.0400. The van der Waals surface area contributed by atoms with Crippen LogP contribution in [0.15, 0.2) is 102 Å². The molecule has 3 aromatic rings. The minimum atomic E-state index is 0.438. The molecule has 0 amide bonds. The Hall–Kier alpha value is -3.50. The lowest BCUT2D eigenvalue weighted by atomic mass is 10.1. The Morgan fingerprint density at radius 1 is 0.759 bits per heavy atom. The molecule has 0 saturated heterocycles. The van der Waals surface area contributed by atoms with Crippen molar-refractivity contribution in [1.29, 1.82) is 0 Å². The second-order valence-corrected chi connectivity index (χ2v) is 6.86. The first-order valence-electron chi connectivity index (χ1n) is 9.37. The zero-order chi connectivity index (χ0) is 20.3. The molecule has 0 aliphatic carbocycles. The SMILES string of the molecule is Cc1ccc(NC(=S)NN=C(/C=C/c2ccccc2)/C=C/c2ccccc2)cc1. The maximum atomic E-state index is 5.37. The molecule has 4 heteroatoms. The van der Waals surface area contributed by atoms with E-state index in [1.54, 1.807) is 0 Å². The first-order chi connectivity index (χ1) is 14.2. The Kier molecular flexibility index (Phi) is 7.49. The lowest BCUT2D eigenvalue weighted by molar-refractivity contribution is 1.05. The van der Waals surface area contributed by atoms with Crippen molar-refractivity contribution < 1.29 is 0 Å². The minimum Gasteiger partial charge on any atom is -0.331 e. The van der Waals surface area contributed by atoms with Gasteiger partial charge in [-0.05, 0) is 54.6 Å². The van der Waals surface area contributed by atoms with Crippen molar-refractivity contribution in [2.75, 3.05) is 5.32 Å². The second kappa shape index (κ2) is 10.7. The van der Waals surface area contributed by atoms with E-state index in [0.29, 0.717) is 5.11 Å². The number of thiocarbonyl (C=S) groups is 1. The molecular weight excluding hydrogens is 374 g/mol. The van der Waals surface area contributed by atoms with Gasteiger partial charge < -0.3 is 5.32 Å². The number of allylic oxidation sites excluding steroid dienone is 2. The van der Waals surface area contributed by atoms with Crippen LogP contribution in [0.1, 0.15) is 16.7 Å². The third-order valence-corrected chi connectivity index (χ3v) is 4.28. The van der Waals surface area contributed by atoms with Gasteiger partial charge in [-0.3, -0.25) is 5.43 Å². The van der Waals surface area contributed by atoms with E-state index in [-0.39, 0.29) is 0 Å². The van der Waals surface area contributed by atoms with Gasteiger partial charge in [-0.15, -0.1) is 0 Å². The molecule has 0 heterocycles. The fourth-order valence-corrected chi connectivity index (χ4v) is 2.70. The number of benzene rings is 3. The van der Waals surface area contributed by atoms with Crippen LogP contribution in [0, 0.1) is 6.92 Å².